The van der Waals surface area contributed by atoms with Crippen LogP contribution in [0.2, 0.25) is 0 Å². The molecule has 18 heavy (non-hydrogen) atoms. The topological polar surface area (TPSA) is 50.8 Å². The van der Waals surface area contributed by atoms with Crippen LogP contribution in [0.15, 0.2) is 0 Å². The molecule has 2 rings (SSSR count). The second-order valence-electron chi connectivity index (χ2n) is 5.37. The van der Waals surface area contributed by atoms with Crippen LogP contribution >= 0.6 is 0 Å². The molecule has 2 heterocycles. The van der Waals surface area contributed by atoms with E-state index in [4.69, 9.17) is 9.47 Å². The van der Waals surface area contributed by atoms with Gasteiger partial charge in [0.15, 0.2) is 6.10 Å². The summed E-state index contributed by atoms with van der Waals surface area (Å²) >= 11 is 0. The van der Waals surface area contributed by atoms with Crippen LogP contribution in [0, 0.1) is 5.92 Å². The first-order valence-electron chi connectivity index (χ1n) is 6.85. The Hall–Kier alpha value is -0.650. The molecular weight excluding hydrogens is 232 g/mol. The predicted molar refractivity (Wildman–Crippen MR) is 68.4 cm³/mol. The molecule has 2 aliphatic heterocycles. The number of hydrogen-bond acceptors (Lipinski definition) is 5. The highest BCUT2D eigenvalue weighted by Gasteiger charge is 2.32. The Morgan fingerprint density at radius 1 is 1.39 bits per heavy atom. The summed E-state index contributed by atoms with van der Waals surface area (Å²) in [6.45, 7) is 6.90. The van der Waals surface area contributed by atoms with Gasteiger partial charge in [0.25, 0.3) is 0 Å². The van der Waals surface area contributed by atoms with Crippen LogP contribution in [0.5, 0.6) is 0 Å². The molecule has 2 saturated heterocycles. The van der Waals surface area contributed by atoms with Gasteiger partial charge in [-0.25, -0.2) is 4.79 Å². The van der Waals surface area contributed by atoms with Gasteiger partial charge in [0.05, 0.1) is 13.2 Å². The first kappa shape index (κ1) is 13.8. The zero-order valence-corrected chi connectivity index (χ0v) is 11.4. The number of morpholine rings is 1. The molecular formula is C13H24N2O3. The Labute approximate surface area is 109 Å². The smallest absolute Gasteiger partial charge is 0.336 e. The van der Waals surface area contributed by atoms with Gasteiger partial charge in [0.1, 0.15) is 0 Å². The standard InChI is InChI=1S/C13H24N2O3/c1-10-7-15(8-11-3-5-14-6-4-11)9-12(18-10)13(16)17-2/h10-12,14H,3-9H2,1-2H3/t10-,12-/m1/s1. The normalized spacial score (nSPS) is 31.2. The van der Waals surface area contributed by atoms with Crippen molar-refractivity contribution < 1.29 is 14.3 Å². The van der Waals surface area contributed by atoms with Crippen molar-refractivity contribution in [2.75, 3.05) is 39.8 Å². The number of methoxy groups -OCH3 is 1. The summed E-state index contributed by atoms with van der Waals surface area (Å²) in [7, 11) is 1.42. The van der Waals surface area contributed by atoms with Crippen molar-refractivity contribution in [2.45, 2.75) is 32.0 Å². The molecule has 0 radical (unpaired) electrons. The van der Waals surface area contributed by atoms with E-state index in [0.29, 0.717) is 6.54 Å². The molecule has 0 aromatic heterocycles. The average molecular weight is 256 g/mol. The summed E-state index contributed by atoms with van der Waals surface area (Å²) < 4.78 is 10.4. The number of nitrogens with one attached hydrogen (secondary N) is 1. The largest absolute Gasteiger partial charge is 0.467 e. The van der Waals surface area contributed by atoms with Crippen LogP contribution < -0.4 is 5.32 Å². The van der Waals surface area contributed by atoms with E-state index in [1.807, 2.05) is 6.92 Å². The van der Waals surface area contributed by atoms with E-state index in [-0.39, 0.29) is 12.1 Å². The minimum Gasteiger partial charge on any atom is -0.467 e. The summed E-state index contributed by atoms with van der Waals surface area (Å²) in [6, 6.07) is 0. The Balaban J connectivity index is 1.85. The molecule has 0 saturated carbocycles. The van der Waals surface area contributed by atoms with Crippen molar-refractivity contribution in [2.24, 2.45) is 5.92 Å². The fourth-order valence-corrected chi connectivity index (χ4v) is 2.88. The molecule has 0 spiro atoms. The van der Waals surface area contributed by atoms with Crippen LogP contribution in [0.25, 0.3) is 0 Å². The lowest BCUT2D eigenvalue weighted by Gasteiger charge is -2.38. The van der Waals surface area contributed by atoms with Gasteiger partial charge in [-0.3, -0.25) is 4.90 Å². The molecule has 5 nitrogen and oxygen atoms in total. The maximum Gasteiger partial charge on any atom is 0.336 e. The number of carbonyl (C=O) groups is 1. The van der Waals surface area contributed by atoms with E-state index in [1.165, 1.54) is 20.0 Å². The van der Waals surface area contributed by atoms with Gasteiger partial charge in [-0.1, -0.05) is 0 Å². The molecule has 2 atom stereocenters. The van der Waals surface area contributed by atoms with Crippen LogP contribution in [0.1, 0.15) is 19.8 Å². The van der Waals surface area contributed by atoms with Gasteiger partial charge >= 0.3 is 5.97 Å². The van der Waals surface area contributed by atoms with E-state index in [2.05, 4.69) is 10.2 Å². The van der Waals surface area contributed by atoms with E-state index in [0.717, 1.165) is 32.1 Å². The van der Waals surface area contributed by atoms with Gasteiger partial charge < -0.3 is 14.8 Å². The lowest BCUT2D eigenvalue weighted by Crippen LogP contribution is -2.51. The molecule has 2 aliphatic rings. The molecule has 5 heteroatoms. The number of hydrogen-bond donors (Lipinski definition) is 1. The number of piperidine rings is 1. The van der Waals surface area contributed by atoms with E-state index >= 15 is 0 Å². The average Bonchev–Trinajstić information content (AvgIpc) is 2.38. The van der Waals surface area contributed by atoms with Crippen molar-refractivity contribution in [3.05, 3.63) is 0 Å². The van der Waals surface area contributed by atoms with Crippen LogP contribution in [-0.4, -0.2) is 62.9 Å². The molecule has 0 bridgehead atoms. The zero-order valence-electron chi connectivity index (χ0n) is 11.4. The molecule has 1 N–H and O–H groups in total. The minimum absolute atomic E-state index is 0.101. The van der Waals surface area contributed by atoms with Gasteiger partial charge in [-0.2, -0.15) is 0 Å². The zero-order chi connectivity index (χ0) is 13.0. The van der Waals surface area contributed by atoms with Crippen molar-refractivity contribution >= 4 is 5.97 Å². The molecule has 104 valence electrons. The summed E-state index contributed by atoms with van der Waals surface area (Å²) in [5.41, 5.74) is 0. The quantitative estimate of drug-likeness (QED) is 0.734. The Morgan fingerprint density at radius 2 is 2.11 bits per heavy atom. The first-order valence-corrected chi connectivity index (χ1v) is 6.85. The molecule has 0 unspecified atom stereocenters. The van der Waals surface area contributed by atoms with E-state index in [9.17, 15) is 4.79 Å². The maximum absolute atomic E-state index is 11.6. The highest BCUT2D eigenvalue weighted by Crippen LogP contribution is 2.18. The summed E-state index contributed by atoms with van der Waals surface area (Å²) in [5.74, 6) is 0.492. The lowest BCUT2D eigenvalue weighted by atomic mass is 9.97. The van der Waals surface area contributed by atoms with E-state index in [1.54, 1.807) is 0 Å². The number of rotatable bonds is 3. The summed E-state index contributed by atoms with van der Waals surface area (Å²) in [5, 5.41) is 3.38. The monoisotopic (exact) mass is 256 g/mol. The lowest BCUT2D eigenvalue weighted by molar-refractivity contribution is -0.166. The highest BCUT2D eigenvalue weighted by atomic mass is 16.6. The van der Waals surface area contributed by atoms with Crippen molar-refractivity contribution in [3.63, 3.8) is 0 Å². The highest BCUT2D eigenvalue weighted by molar-refractivity contribution is 5.74. The van der Waals surface area contributed by atoms with Crippen LogP contribution in [0.3, 0.4) is 0 Å². The third-order valence-electron chi connectivity index (χ3n) is 3.78. The summed E-state index contributed by atoms with van der Waals surface area (Å²) in [4.78, 5) is 13.9. The van der Waals surface area contributed by atoms with Gasteiger partial charge in [0, 0.05) is 19.6 Å². The summed E-state index contributed by atoms with van der Waals surface area (Å²) in [6.07, 6.45) is 2.15. The SMILES string of the molecule is COC(=O)[C@H]1CN(CC2CCNCC2)C[C@@H](C)O1. The molecule has 0 amide bonds. The van der Waals surface area contributed by atoms with Gasteiger partial charge in [0.2, 0.25) is 0 Å². The van der Waals surface area contributed by atoms with Gasteiger partial charge in [-0.15, -0.1) is 0 Å². The minimum atomic E-state index is -0.416. The molecule has 2 fully saturated rings. The predicted octanol–water partition coefficient (Wildman–Crippen LogP) is 0.248. The third kappa shape index (κ3) is 3.67. The number of nitrogens with zero attached hydrogens (tertiary/aromatic N) is 1. The molecule has 0 aromatic carbocycles. The maximum atomic E-state index is 11.6. The second-order valence-corrected chi connectivity index (χ2v) is 5.37. The second kappa shape index (κ2) is 6.50. The molecule has 0 aliphatic carbocycles. The van der Waals surface area contributed by atoms with Crippen LogP contribution in [0.4, 0.5) is 0 Å². The number of ether oxygens (including phenoxy) is 2. The first-order chi connectivity index (χ1) is 8.69. The van der Waals surface area contributed by atoms with Crippen molar-refractivity contribution in [1.82, 2.24) is 10.2 Å². The fourth-order valence-electron chi connectivity index (χ4n) is 2.88. The number of esters is 1. The van der Waals surface area contributed by atoms with Gasteiger partial charge in [-0.05, 0) is 38.8 Å². The van der Waals surface area contributed by atoms with Crippen molar-refractivity contribution in [1.29, 1.82) is 0 Å². The fraction of sp³-hybridized carbons (Fsp3) is 0.923. The van der Waals surface area contributed by atoms with E-state index < -0.39 is 6.10 Å². The van der Waals surface area contributed by atoms with Crippen molar-refractivity contribution in [3.8, 4) is 0 Å². The van der Waals surface area contributed by atoms with Crippen LogP contribution in [-0.2, 0) is 14.3 Å². The Morgan fingerprint density at radius 3 is 2.78 bits per heavy atom. The third-order valence-corrected chi connectivity index (χ3v) is 3.78. The number of carbonyl (C=O) groups excluding carboxylic acids is 1. The Kier molecular flexibility index (Phi) is 4.97. The Bertz CT molecular complexity index is 279. The molecule has 0 aromatic rings.